The van der Waals surface area contributed by atoms with Crippen molar-refractivity contribution in [2.45, 2.75) is 25.0 Å². The van der Waals surface area contributed by atoms with Crippen molar-refractivity contribution in [3.8, 4) is 5.82 Å². The Morgan fingerprint density at radius 2 is 2.06 bits per heavy atom. The zero-order valence-corrected chi connectivity index (χ0v) is 19.0. The maximum absolute atomic E-state index is 14.2. The molecular formula is C23H23FN8O3. The van der Waals surface area contributed by atoms with Crippen molar-refractivity contribution in [3.05, 3.63) is 70.8 Å². The number of amides is 1. The minimum Gasteiger partial charge on any atom is -0.385 e. The van der Waals surface area contributed by atoms with Gasteiger partial charge in [0.05, 0.1) is 24.0 Å². The molecule has 0 bridgehead atoms. The molecule has 0 radical (unpaired) electrons. The Morgan fingerprint density at radius 3 is 2.77 bits per heavy atom. The Balaban J connectivity index is 1.49. The molecule has 35 heavy (non-hydrogen) atoms. The Labute approximate surface area is 199 Å². The fourth-order valence-corrected chi connectivity index (χ4v) is 3.98. The van der Waals surface area contributed by atoms with Gasteiger partial charge < -0.3 is 20.7 Å². The molecular weight excluding hydrogens is 455 g/mol. The second kappa shape index (κ2) is 9.14. The maximum atomic E-state index is 14.2. The summed E-state index contributed by atoms with van der Waals surface area (Å²) in [7, 11) is 3.33. The normalized spacial score (nSPS) is 17.1. The van der Waals surface area contributed by atoms with E-state index in [4.69, 9.17) is 4.74 Å². The largest absolute Gasteiger partial charge is 0.385 e. The van der Waals surface area contributed by atoms with Gasteiger partial charge in [-0.2, -0.15) is 0 Å². The highest BCUT2D eigenvalue weighted by atomic mass is 19.1. The quantitative estimate of drug-likeness (QED) is 0.369. The van der Waals surface area contributed by atoms with Crippen LogP contribution in [-0.2, 0) is 4.74 Å². The van der Waals surface area contributed by atoms with E-state index in [2.05, 4.69) is 31.0 Å². The summed E-state index contributed by atoms with van der Waals surface area (Å²) in [4.78, 5) is 34.3. The van der Waals surface area contributed by atoms with Crippen LogP contribution in [0.25, 0.3) is 11.5 Å². The van der Waals surface area contributed by atoms with E-state index in [9.17, 15) is 14.0 Å². The number of imidazole rings is 1. The number of nitrogens with zero attached hydrogens (tertiary/aromatic N) is 5. The number of carbonyl (C=O) groups excluding carboxylic acids is 1. The molecule has 1 saturated carbocycles. The van der Waals surface area contributed by atoms with Gasteiger partial charge in [-0.1, -0.05) is 0 Å². The second-order valence-electron chi connectivity index (χ2n) is 8.03. The first-order valence-corrected chi connectivity index (χ1v) is 11.0. The molecule has 12 heteroatoms. The highest BCUT2D eigenvalue weighted by Crippen LogP contribution is 2.24. The molecule has 2 atom stereocenters. The van der Waals surface area contributed by atoms with Crippen LogP contribution in [0.5, 0.6) is 0 Å². The van der Waals surface area contributed by atoms with Crippen LogP contribution in [0.4, 0.5) is 21.6 Å². The van der Waals surface area contributed by atoms with Crippen LogP contribution in [0.1, 0.15) is 23.3 Å². The number of hydrogen-bond donors (Lipinski definition) is 3. The summed E-state index contributed by atoms with van der Waals surface area (Å²) in [5, 5.41) is 13.4. The fraction of sp³-hybridized carbons (Fsp3) is 0.261. The van der Waals surface area contributed by atoms with Crippen molar-refractivity contribution < 1.29 is 13.9 Å². The van der Waals surface area contributed by atoms with Crippen molar-refractivity contribution in [3.63, 3.8) is 0 Å². The van der Waals surface area contributed by atoms with Crippen LogP contribution in [-0.4, -0.2) is 56.4 Å². The van der Waals surface area contributed by atoms with Gasteiger partial charge in [0.1, 0.15) is 5.69 Å². The number of methoxy groups -OCH3 is 1. The molecule has 0 saturated heterocycles. The molecule has 0 spiro atoms. The third kappa shape index (κ3) is 4.08. The van der Waals surface area contributed by atoms with Crippen molar-refractivity contribution in [1.29, 1.82) is 0 Å². The number of halogens is 1. The Bertz CT molecular complexity index is 1460. The molecule has 1 fully saturated rings. The Kier molecular flexibility index (Phi) is 5.87. The van der Waals surface area contributed by atoms with Crippen molar-refractivity contribution in [2.75, 3.05) is 24.8 Å². The Hall–Kier alpha value is -4.32. The van der Waals surface area contributed by atoms with Gasteiger partial charge in [0, 0.05) is 32.6 Å². The molecule has 1 aliphatic carbocycles. The van der Waals surface area contributed by atoms with E-state index in [-0.39, 0.29) is 41.1 Å². The smallest absolute Gasteiger partial charge is 0.280 e. The highest BCUT2D eigenvalue weighted by molar-refractivity contribution is 5.94. The number of ether oxygens (including phenoxy) is 1. The minimum absolute atomic E-state index is 0.0135. The number of rotatable bonds is 7. The van der Waals surface area contributed by atoms with Crippen LogP contribution in [0.15, 0.2) is 53.7 Å². The van der Waals surface area contributed by atoms with Gasteiger partial charge in [-0.3, -0.25) is 14.2 Å². The van der Waals surface area contributed by atoms with E-state index in [0.29, 0.717) is 11.3 Å². The van der Waals surface area contributed by atoms with Crippen LogP contribution in [0, 0.1) is 5.82 Å². The summed E-state index contributed by atoms with van der Waals surface area (Å²) >= 11 is 0. The lowest BCUT2D eigenvalue weighted by Gasteiger charge is -2.35. The molecule has 11 nitrogen and oxygen atoms in total. The first kappa shape index (κ1) is 22.5. The fourth-order valence-electron chi connectivity index (χ4n) is 3.98. The molecule has 4 aromatic rings. The van der Waals surface area contributed by atoms with Crippen molar-refractivity contribution >= 4 is 28.7 Å². The van der Waals surface area contributed by atoms with E-state index in [1.807, 2.05) is 0 Å². The van der Waals surface area contributed by atoms with Gasteiger partial charge in [-0.15, -0.1) is 5.10 Å². The molecule has 1 amide bonds. The summed E-state index contributed by atoms with van der Waals surface area (Å²) in [6, 6.07) is 7.41. The van der Waals surface area contributed by atoms with Crippen LogP contribution < -0.4 is 21.5 Å². The highest BCUT2D eigenvalue weighted by Gasteiger charge is 2.33. The third-order valence-electron chi connectivity index (χ3n) is 5.98. The number of aromatic nitrogens is 5. The van der Waals surface area contributed by atoms with Gasteiger partial charge in [0.2, 0.25) is 0 Å². The number of anilines is 3. The molecule has 3 N–H and O–H groups in total. The van der Waals surface area contributed by atoms with E-state index < -0.39 is 11.4 Å². The Morgan fingerprint density at radius 1 is 1.20 bits per heavy atom. The van der Waals surface area contributed by atoms with Crippen LogP contribution in [0.2, 0.25) is 0 Å². The molecule has 4 heterocycles. The topological polar surface area (TPSA) is 127 Å². The van der Waals surface area contributed by atoms with Crippen molar-refractivity contribution in [2.24, 2.45) is 0 Å². The summed E-state index contributed by atoms with van der Waals surface area (Å²) in [6.07, 6.45) is 5.99. The number of nitrogens with one attached hydrogen (secondary N) is 3. The number of pyridine rings is 2. The van der Waals surface area contributed by atoms with Gasteiger partial charge in [0.25, 0.3) is 11.5 Å². The average Bonchev–Trinajstić information content (AvgIpc) is 3.27. The number of fused-ring (bicyclic) bond motifs is 1. The first-order chi connectivity index (χ1) is 17.0. The molecule has 180 valence electrons. The SMILES string of the molecule is CNc1cc(Nc2cccn(-c3ncccc3F)c2=O)nn2c(C(=O)NC3CCC3OC)cnc12. The third-order valence-corrected chi connectivity index (χ3v) is 5.98. The lowest BCUT2D eigenvalue weighted by atomic mass is 9.89. The lowest BCUT2D eigenvalue weighted by molar-refractivity contribution is 0.00718. The van der Waals surface area contributed by atoms with Gasteiger partial charge in [-0.05, 0) is 37.1 Å². The van der Waals surface area contributed by atoms with E-state index >= 15 is 0 Å². The van der Waals surface area contributed by atoms with E-state index in [1.54, 1.807) is 32.4 Å². The number of hydrogen-bond acceptors (Lipinski definition) is 8. The average molecular weight is 478 g/mol. The molecule has 1 aliphatic rings. The predicted octanol–water partition coefficient (Wildman–Crippen LogP) is 2.11. The van der Waals surface area contributed by atoms with Crippen LogP contribution in [0.3, 0.4) is 0 Å². The summed E-state index contributed by atoms with van der Waals surface area (Å²) in [5.41, 5.74) is 0.906. The van der Waals surface area contributed by atoms with Gasteiger partial charge in [0.15, 0.2) is 28.8 Å². The van der Waals surface area contributed by atoms with E-state index in [1.165, 1.54) is 35.2 Å². The summed E-state index contributed by atoms with van der Waals surface area (Å²) in [6.45, 7) is 0. The van der Waals surface area contributed by atoms with E-state index in [0.717, 1.165) is 17.4 Å². The zero-order chi connectivity index (χ0) is 24.5. The first-order valence-electron chi connectivity index (χ1n) is 11.0. The van der Waals surface area contributed by atoms with Crippen molar-refractivity contribution in [1.82, 2.24) is 29.5 Å². The van der Waals surface area contributed by atoms with Gasteiger partial charge in [-0.25, -0.2) is 18.9 Å². The maximum Gasteiger partial charge on any atom is 0.280 e. The molecule has 0 aliphatic heterocycles. The number of carbonyl (C=O) groups is 1. The van der Waals surface area contributed by atoms with Gasteiger partial charge >= 0.3 is 0 Å². The molecule has 0 aromatic carbocycles. The summed E-state index contributed by atoms with van der Waals surface area (Å²) < 4.78 is 22.1. The standard InChI is InChI=1S/C23H23FN8O3/c1-25-16-11-19(28-15-6-4-10-31(23(15)34)20-13(24)5-3-9-26-20)30-32-17(12-27-21(16)32)22(33)29-14-7-8-18(14)35-2/h3-6,9-12,14,18,25H,7-8H2,1-2H3,(H,28,30)(H,29,33). The summed E-state index contributed by atoms with van der Waals surface area (Å²) in [5.74, 6) is -0.785. The zero-order valence-electron chi connectivity index (χ0n) is 19.0. The second-order valence-corrected chi connectivity index (χ2v) is 8.03. The minimum atomic E-state index is -0.625. The predicted molar refractivity (Wildman–Crippen MR) is 127 cm³/mol. The van der Waals surface area contributed by atoms with Crippen LogP contribution >= 0.6 is 0 Å². The molecule has 5 rings (SSSR count). The molecule has 4 aromatic heterocycles. The monoisotopic (exact) mass is 478 g/mol. The lowest BCUT2D eigenvalue weighted by Crippen LogP contribution is -2.51. The molecule has 2 unspecified atom stereocenters.